The first-order valence-electron chi connectivity index (χ1n) is 4.41. The predicted molar refractivity (Wildman–Crippen MR) is 57.1 cm³/mol. The molecule has 1 unspecified atom stereocenters. The minimum absolute atomic E-state index is 0.0237. The van der Waals surface area contributed by atoms with Crippen LogP contribution in [0, 0.1) is 0 Å². The highest BCUT2D eigenvalue weighted by atomic mass is 79.9. The standard InChI is InChI=1S/C10H10BrNO2/c11-8-3-1-2-4-9(8)12-6-7(13)5-10(12)14/h1-4,7,13H,5-6H2. The van der Waals surface area contributed by atoms with E-state index < -0.39 is 6.10 Å². The van der Waals surface area contributed by atoms with Crippen LogP contribution >= 0.6 is 15.9 Å². The number of halogens is 1. The maximum Gasteiger partial charge on any atom is 0.229 e. The zero-order valence-electron chi connectivity index (χ0n) is 7.48. The van der Waals surface area contributed by atoms with E-state index in [0.29, 0.717) is 6.54 Å². The second-order valence-corrected chi connectivity index (χ2v) is 4.17. The predicted octanol–water partition coefficient (Wildman–Crippen LogP) is 1.55. The quantitative estimate of drug-likeness (QED) is 0.828. The summed E-state index contributed by atoms with van der Waals surface area (Å²) in [5.74, 6) is -0.0237. The lowest BCUT2D eigenvalue weighted by Crippen LogP contribution is -2.25. The number of aliphatic hydroxyl groups is 1. The van der Waals surface area contributed by atoms with Crippen molar-refractivity contribution >= 4 is 27.5 Å². The minimum atomic E-state index is -0.533. The van der Waals surface area contributed by atoms with Crippen molar-refractivity contribution in [2.45, 2.75) is 12.5 Å². The topological polar surface area (TPSA) is 40.5 Å². The van der Waals surface area contributed by atoms with Crippen molar-refractivity contribution < 1.29 is 9.90 Å². The number of carbonyl (C=O) groups is 1. The number of hydrogen-bond acceptors (Lipinski definition) is 2. The number of β-amino-alcohol motifs (C(OH)–C–C–N with tert-alkyl or cyclic N) is 1. The third kappa shape index (κ3) is 1.67. The molecule has 1 aliphatic heterocycles. The Morgan fingerprint density at radius 3 is 2.71 bits per heavy atom. The first-order chi connectivity index (χ1) is 6.68. The van der Waals surface area contributed by atoms with Crippen molar-refractivity contribution in [1.29, 1.82) is 0 Å². The zero-order valence-corrected chi connectivity index (χ0v) is 9.07. The van der Waals surface area contributed by atoms with Gasteiger partial charge in [0, 0.05) is 4.47 Å². The van der Waals surface area contributed by atoms with E-state index in [-0.39, 0.29) is 12.3 Å². The summed E-state index contributed by atoms with van der Waals surface area (Å²) in [6, 6.07) is 7.51. The van der Waals surface area contributed by atoms with Crippen LogP contribution in [0.1, 0.15) is 6.42 Å². The smallest absolute Gasteiger partial charge is 0.229 e. The summed E-state index contributed by atoms with van der Waals surface area (Å²) in [5, 5.41) is 9.34. The molecule has 1 aromatic carbocycles. The molecule has 1 amide bonds. The van der Waals surface area contributed by atoms with Crippen LogP contribution in [0.25, 0.3) is 0 Å². The van der Waals surface area contributed by atoms with Crippen LogP contribution in [-0.4, -0.2) is 23.7 Å². The maximum absolute atomic E-state index is 11.5. The normalized spacial score (nSPS) is 21.7. The minimum Gasteiger partial charge on any atom is -0.391 e. The highest BCUT2D eigenvalue weighted by Gasteiger charge is 2.29. The Hall–Kier alpha value is -0.870. The number of anilines is 1. The van der Waals surface area contributed by atoms with Crippen LogP contribution in [0.3, 0.4) is 0 Å². The van der Waals surface area contributed by atoms with Gasteiger partial charge in [0.15, 0.2) is 0 Å². The van der Waals surface area contributed by atoms with Crippen molar-refractivity contribution in [3.05, 3.63) is 28.7 Å². The number of nitrogens with zero attached hydrogens (tertiary/aromatic N) is 1. The Kier molecular flexibility index (Phi) is 2.56. The third-order valence-corrected chi connectivity index (χ3v) is 2.92. The van der Waals surface area contributed by atoms with Gasteiger partial charge in [0.2, 0.25) is 5.91 Å². The molecule has 1 fully saturated rings. The summed E-state index contributed by atoms with van der Waals surface area (Å²) in [6.45, 7) is 0.390. The Balaban J connectivity index is 2.32. The lowest BCUT2D eigenvalue weighted by Gasteiger charge is -2.17. The van der Waals surface area contributed by atoms with E-state index in [0.717, 1.165) is 10.2 Å². The molecule has 0 spiro atoms. The van der Waals surface area contributed by atoms with E-state index in [1.807, 2.05) is 24.3 Å². The second-order valence-electron chi connectivity index (χ2n) is 3.31. The molecule has 1 aliphatic rings. The molecule has 1 heterocycles. The van der Waals surface area contributed by atoms with Gasteiger partial charge in [0.25, 0.3) is 0 Å². The van der Waals surface area contributed by atoms with Gasteiger partial charge in [0.1, 0.15) is 0 Å². The molecule has 4 heteroatoms. The third-order valence-electron chi connectivity index (χ3n) is 2.25. The molecule has 74 valence electrons. The summed E-state index contributed by atoms with van der Waals surface area (Å²) >= 11 is 3.38. The highest BCUT2D eigenvalue weighted by molar-refractivity contribution is 9.10. The average Bonchev–Trinajstić information content (AvgIpc) is 2.46. The summed E-state index contributed by atoms with van der Waals surface area (Å²) < 4.78 is 0.877. The second kappa shape index (κ2) is 3.71. The summed E-state index contributed by atoms with van der Waals surface area (Å²) in [4.78, 5) is 13.1. The number of carbonyl (C=O) groups excluding carboxylic acids is 1. The lowest BCUT2D eigenvalue weighted by molar-refractivity contribution is -0.117. The number of amides is 1. The number of benzene rings is 1. The number of rotatable bonds is 1. The van der Waals surface area contributed by atoms with E-state index in [1.165, 1.54) is 0 Å². The van der Waals surface area contributed by atoms with Crippen LogP contribution in [0.5, 0.6) is 0 Å². The first-order valence-corrected chi connectivity index (χ1v) is 5.21. The zero-order chi connectivity index (χ0) is 10.1. The van der Waals surface area contributed by atoms with Crippen LogP contribution in [0.2, 0.25) is 0 Å². The highest BCUT2D eigenvalue weighted by Crippen LogP contribution is 2.29. The molecule has 14 heavy (non-hydrogen) atoms. The molecule has 0 saturated carbocycles. The van der Waals surface area contributed by atoms with Gasteiger partial charge in [-0.1, -0.05) is 12.1 Å². The molecule has 1 aromatic rings. The molecule has 1 saturated heterocycles. The Morgan fingerprint density at radius 1 is 1.43 bits per heavy atom. The molecule has 0 radical (unpaired) electrons. The molecule has 0 aliphatic carbocycles. The van der Waals surface area contributed by atoms with E-state index >= 15 is 0 Å². The summed E-state index contributed by atoms with van der Waals surface area (Å²) in [6.07, 6.45) is -0.309. The van der Waals surface area contributed by atoms with Crippen molar-refractivity contribution in [2.24, 2.45) is 0 Å². The van der Waals surface area contributed by atoms with Gasteiger partial charge in [-0.2, -0.15) is 0 Å². The summed E-state index contributed by atoms with van der Waals surface area (Å²) in [5.41, 5.74) is 0.828. The first kappa shape index (κ1) is 9.68. The van der Waals surface area contributed by atoms with Crippen LogP contribution in [-0.2, 0) is 4.79 Å². The fourth-order valence-electron chi connectivity index (χ4n) is 1.59. The Labute approximate surface area is 90.5 Å². The molecule has 3 nitrogen and oxygen atoms in total. The van der Waals surface area contributed by atoms with E-state index in [4.69, 9.17) is 0 Å². The maximum atomic E-state index is 11.5. The number of para-hydroxylation sites is 1. The molecule has 1 atom stereocenters. The van der Waals surface area contributed by atoms with Crippen molar-refractivity contribution in [3.63, 3.8) is 0 Å². The van der Waals surface area contributed by atoms with E-state index in [9.17, 15) is 9.90 Å². The monoisotopic (exact) mass is 255 g/mol. The lowest BCUT2D eigenvalue weighted by atomic mass is 10.3. The molecule has 1 N–H and O–H groups in total. The van der Waals surface area contributed by atoms with Crippen molar-refractivity contribution in [2.75, 3.05) is 11.4 Å². The molecule has 0 bridgehead atoms. The van der Waals surface area contributed by atoms with Crippen molar-refractivity contribution in [1.82, 2.24) is 0 Å². The van der Waals surface area contributed by atoms with E-state index in [2.05, 4.69) is 15.9 Å². The molecule has 0 aromatic heterocycles. The van der Waals surface area contributed by atoms with Gasteiger partial charge in [0.05, 0.1) is 24.8 Å². The summed E-state index contributed by atoms with van der Waals surface area (Å²) in [7, 11) is 0. The fourth-order valence-corrected chi connectivity index (χ4v) is 2.09. The van der Waals surface area contributed by atoms with Gasteiger partial charge >= 0.3 is 0 Å². The van der Waals surface area contributed by atoms with Gasteiger partial charge in [-0.15, -0.1) is 0 Å². The largest absolute Gasteiger partial charge is 0.391 e. The van der Waals surface area contributed by atoms with Crippen LogP contribution < -0.4 is 4.90 Å². The molecular formula is C10H10BrNO2. The van der Waals surface area contributed by atoms with Crippen LogP contribution in [0.4, 0.5) is 5.69 Å². The number of hydrogen-bond donors (Lipinski definition) is 1. The SMILES string of the molecule is O=C1CC(O)CN1c1ccccc1Br. The van der Waals surface area contributed by atoms with Gasteiger partial charge in [-0.05, 0) is 28.1 Å². The van der Waals surface area contributed by atoms with Gasteiger partial charge in [-0.3, -0.25) is 4.79 Å². The van der Waals surface area contributed by atoms with Gasteiger partial charge < -0.3 is 10.0 Å². The molecular weight excluding hydrogens is 246 g/mol. The fraction of sp³-hybridized carbons (Fsp3) is 0.300. The average molecular weight is 256 g/mol. The van der Waals surface area contributed by atoms with Gasteiger partial charge in [-0.25, -0.2) is 0 Å². The van der Waals surface area contributed by atoms with E-state index in [1.54, 1.807) is 4.90 Å². The molecule has 2 rings (SSSR count). The number of aliphatic hydroxyl groups excluding tert-OH is 1. The Morgan fingerprint density at radius 2 is 2.14 bits per heavy atom. The van der Waals surface area contributed by atoms with Crippen molar-refractivity contribution in [3.8, 4) is 0 Å². The Bertz CT molecular complexity index is 367. The van der Waals surface area contributed by atoms with Crippen LogP contribution in [0.15, 0.2) is 28.7 Å².